The number of alkyl halides is 6. The number of aliphatic carboxylic acids is 2. The van der Waals surface area contributed by atoms with Gasteiger partial charge in [-0.15, -0.1) is 11.3 Å². The van der Waals surface area contributed by atoms with Gasteiger partial charge >= 0.3 is 24.3 Å². The molecule has 3 N–H and O–H groups in total. The molecule has 2 aromatic heterocycles. The summed E-state index contributed by atoms with van der Waals surface area (Å²) in [5.41, 5.74) is -0.313. The Hall–Kier alpha value is -3.40. The topological polar surface area (TPSA) is 129 Å². The second kappa shape index (κ2) is 12.9. The van der Waals surface area contributed by atoms with Crippen LogP contribution in [0.5, 0.6) is 5.88 Å². The highest BCUT2D eigenvalue weighted by Gasteiger charge is 2.54. The molecule has 1 amide bonds. The molecule has 0 bridgehead atoms. The van der Waals surface area contributed by atoms with Gasteiger partial charge < -0.3 is 20.3 Å². The number of ether oxygens (including phenoxy) is 1. The summed E-state index contributed by atoms with van der Waals surface area (Å²) in [6, 6.07) is 9.88. The van der Waals surface area contributed by atoms with Gasteiger partial charge in [-0.25, -0.2) is 14.6 Å². The number of hydrogen-bond donors (Lipinski definition) is 3. The van der Waals surface area contributed by atoms with Gasteiger partial charge in [0.25, 0.3) is 0 Å². The van der Waals surface area contributed by atoms with E-state index in [9.17, 15) is 31.1 Å². The van der Waals surface area contributed by atoms with Crippen molar-refractivity contribution in [3.05, 3.63) is 46.8 Å². The van der Waals surface area contributed by atoms with Crippen molar-refractivity contribution in [3.63, 3.8) is 0 Å². The Morgan fingerprint density at radius 3 is 2.24 bits per heavy atom. The molecule has 0 saturated carbocycles. The minimum Gasteiger partial charge on any atom is -0.477 e. The summed E-state index contributed by atoms with van der Waals surface area (Å²) < 4.78 is 69.3. The van der Waals surface area contributed by atoms with Crippen LogP contribution in [0.3, 0.4) is 0 Å². The average molecular weight is 571 g/mol. The predicted molar refractivity (Wildman–Crippen MR) is 120 cm³/mol. The predicted octanol–water partition coefficient (Wildman–Crippen LogP) is 3.43. The van der Waals surface area contributed by atoms with Crippen LogP contribution in [-0.4, -0.2) is 76.5 Å². The summed E-state index contributed by atoms with van der Waals surface area (Å²) in [5, 5.41) is 19.4. The molecule has 2 aromatic rings. The number of hydrogen-bond acceptors (Lipinski definition) is 7. The van der Waals surface area contributed by atoms with E-state index in [4.69, 9.17) is 24.5 Å². The molecule has 16 heteroatoms. The number of amides is 1. The summed E-state index contributed by atoms with van der Waals surface area (Å²) in [6.45, 7) is 3.93. The van der Waals surface area contributed by atoms with Crippen molar-refractivity contribution in [2.24, 2.45) is 11.3 Å². The fourth-order valence-electron chi connectivity index (χ4n) is 3.80. The fourth-order valence-corrected chi connectivity index (χ4v) is 4.55. The van der Waals surface area contributed by atoms with Crippen molar-refractivity contribution in [1.29, 1.82) is 0 Å². The van der Waals surface area contributed by atoms with Crippen molar-refractivity contribution >= 4 is 29.2 Å². The first kappa shape index (κ1) is 30.8. The number of carbonyl (C=O) groups excluding carboxylic acids is 1. The lowest BCUT2D eigenvalue weighted by Gasteiger charge is -2.28. The Balaban J connectivity index is 0.000000301. The highest BCUT2D eigenvalue weighted by Crippen LogP contribution is 2.42. The lowest BCUT2D eigenvalue weighted by atomic mass is 9.77. The van der Waals surface area contributed by atoms with Crippen molar-refractivity contribution < 1.29 is 55.7 Å². The third-order valence-electron chi connectivity index (χ3n) is 5.64. The SMILES string of the molecule is O=C(O)C(F)(F)F.O=C(O)C(F)(F)F.O=C1NC[C@@H](COc2ccccn2)[C@]12CCN(Cc1cccs1)C2. The van der Waals surface area contributed by atoms with Gasteiger partial charge in [0.05, 0.1) is 12.0 Å². The second-order valence-corrected chi connectivity index (χ2v) is 9.22. The molecule has 2 atom stereocenters. The van der Waals surface area contributed by atoms with Crippen LogP contribution in [0.15, 0.2) is 41.9 Å². The molecule has 2 aliphatic rings. The molecular formula is C22H23F6N3O6S. The zero-order valence-corrected chi connectivity index (χ0v) is 20.3. The highest BCUT2D eigenvalue weighted by atomic mass is 32.1. The Morgan fingerprint density at radius 2 is 1.74 bits per heavy atom. The van der Waals surface area contributed by atoms with Gasteiger partial charge in [-0.05, 0) is 30.5 Å². The fraction of sp³-hybridized carbons (Fsp3) is 0.455. The number of aromatic nitrogens is 1. The van der Waals surface area contributed by atoms with Crippen molar-refractivity contribution in [2.45, 2.75) is 25.3 Å². The normalized spacial score (nSPS) is 21.1. The van der Waals surface area contributed by atoms with Gasteiger partial charge in [-0.3, -0.25) is 9.69 Å². The van der Waals surface area contributed by atoms with Gasteiger partial charge in [0.2, 0.25) is 11.8 Å². The van der Waals surface area contributed by atoms with Gasteiger partial charge in [-0.2, -0.15) is 26.3 Å². The molecule has 2 saturated heterocycles. The second-order valence-electron chi connectivity index (χ2n) is 8.19. The minimum atomic E-state index is -5.08. The van der Waals surface area contributed by atoms with E-state index < -0.39 is 24.3 Å². The minimum absolute atomic E-state index is 0.186. The maximum Gasteiger partial charge on any atom is 0.490 e. The summed E-state index contributed by atoms with van der Waals surface area (Å²) in [5.74, 6) is -4.51. The van der Waals surface area contributed by atoms with Gasteiger partial charge in [0, 0.05) is 42.7 Å². The number of pyridine rings is 1. The van der Waals surface area contributed by atoms with Crippen LogP contribution in [0.2, 0.25) is 0 Å². The first-order valence-electron chi connectivity index (χ1n) is 10.8. The van der Waals surface area contributed by atoms with E-state index >= 15 is 0 Å². The molecule has 4 rings (SSSR count). The Morgan fingerprint density at radius 1 is 1.11 bits per heavy atom. The first-order valence-corrected chi connectivity index (χ1v) is 11.7. The molecule has 0 aliphatic carbocycles. The smallest absolute Gasteiger partial charge is 0.477 e. The molecule has 2 fully saturated rings. The van der Waals surface area contributed by atoms with E-state index in [2.05, 4.69) is 32.7 Å². The molecule has 210 valence electrons. The quantitative estimate of drug-likeness (QED) is 0.466. The summed E-state index contributed by atoms with van der Waals surface area (Å²) in [7, 11) is 0. The average Bonchev–Trinajstić information content (AvgIpc) is 3.56. The zero-order chi connectivity index (χ0) is 28.6. The zero-order valence-electron chi connectivity index (χ0n) is 19.5. The van der Waals surface area contributed by atoms with Crippen molar-refractivity contribution in [2.75, 3.05) is 26.2 Å². The van der Waals surface area contributed by atoms with E-state index in [1.54, 1.807) is 17.5 Å². The van der Waals surface area contributed by atoms with E-state index in [0.29, 0.717) is 19.0 Å². The third-order valence-corrected chi connectivity index (χ3v) is 6.50. The van der Waals surface area contributed by atoms with E-state index in [1.807, 2.05) is 18.2 Å². The largest absolute Gasteiger partial charge is 0.490 e. The van der Waals surface area contributed by atoms with Crippen LogP contribution < -0.4 is 10.1 Å². The molecule has 9 nitrogen and oxygen atoms in total. The molecule has 0 aromatic carbocycles. The van der Waals surface area contributed by atoms with E-state index in [0.717, 1.165) is 26.1 Å². The number of rotatable bonds is 5. The molecule has 2 aliphatic heterocycles. The van der Waals surface area contributed by atoms with Gasteiger partial charge in [0.1, 0.15) is 0 Å². The number of halogens is 6. The van der Waals surface area contributed by atoms with Gasteiger partial charge in [-0.1, -0.05) is 12.1 Å². The van der Waals surface area contributed by atoms with Gasteiger partial charge in [0.15, 0.2) is 0 Å². The number of nitrogens with one attached hydrogen (secondary N) is 1. The van der Waals surface area contributed by atoms with Crippen LogP contribution in [0, 0.1) is 11.3 Å². The molecule has 4 heterocycles. The van der Waals surface area contributed by atoms with Crippen LogP contribution in [-0.2, 0) is 20.9 Å². The summed E-state index contributed by atoms with van der Waals surface area (Å²) in [6.07, 6.45) is -7.54. The van der Waals surface area contributed by atoms with E-state index in [1.165, 1.54) is 4.88 Å². The number of likely N-dealkylation sites (tertiary alicyclic amines) is 1. The third kappa shape index (κ3) is 8.86. The monoisotopic (exact) mass is 571 g/mol. The van der Waals surface area contributed by atoms with Crippen molar-refractivity contribution in [1.82, 2.24) is 15.2 Å². The maximum absolute atomic E-state index is 12.6. The Bertz CT molecular complexity index is 1040. The molecule has 38 heavy (non-hydrogen) atoms. The standard InChI is InChI=1S/C18H21N3O2S.2C2HF3O2/c22-17-18(6-8-21(13-18)11-15-4-3-9-24-15)14(10-20-17)12-23-16-5-1-2-7-19-16;2*3-2(4,5)1(6)7/h1-5,7,9,14H,6,8,10-13H2,(H,20,22);2*(H,6,7)/t14-,18+;;/m0../s1. The Labute approximate surface area is 216 Å². The van der Waals surface area contributed by atoms with Crippen LogP contribution in [0.1, 0.15) is 11.3 Å². The summed E-state index contributed by atoms with van der Waals surface area (Å²) >= 11 is 1.77. The number of carboxylic acids is 2. The highest BCUT2D eigenvalue weighted by molar-refractivity contribution is 7.09. The summed E-state index contributed by atoms with van der Waals surface area (Å²) in [4.78, 5) is 38.3. The number of carbonyl (C=O) groups is 3. The van der Waals surface area contributed by atoms with Crippen LogP contribution >= 0.6 is 11.3 Å². The lowest BCUT2D eigenvalue weighted by Crippen LogP contribution is -2.40. The lowest BCUT2D eigenvalue weighted by molar-refractivity contribution is -0.193. The van der Waals surface area contributed by atoms with E-state index in [-0.39, 0.29) is 17.2 Å². The molecule has 0 radical (unpaired) electrons. The Kier molecular flexibility index (Phi) is 10.5. The maximum atomic E-state index is 12.6. The van der Waals surface area contributed by atoms with Crippen LogP contribution in [0.25, 0.3) is 0 Å². The van der Waals surface area contributed by atoms with Crippen LogP contribution in [0.4, 0.5) is 26.3 Å². The first-order chi connectivity index (χ1) is 17.6. The molecule has 0 unspecified atom stereocenters. The number of carboxylic acid groups (broad SMARTS) is 2. The van der Waals surface area contributed by atoms with Crippen molar-refractivity contribution in [3.8, 4) is 5.88 Å². The molecule has 1 spiro atoms. The number of nitrogens with zero attached hydrogens (tertiary/aromatic N) is 2. The molecular weight excluding hydrogens is 548 g/mol. The number of thiophene rings is 1.